The van der Waals surface area contributed by atoms with Crippen LogP contribution in [-0.2, 0) is 16.0 Å². The number of rotatable bonds is 7. The van der Waals surface area contributed by atoms with Gasteiger partial charge in [-0.15, -0.1) is 0 Å². The number of alkyl halides is 3. The summed E-state index contributed by atoms with van der Waals surface area (Å²) in [6, 6.07) is 17.9. The molecule has 2 N–H and O–H groups in total. The van der Waals surface area contributed by atoms with Crippen molar-refractivity contribution >= 4 is 17.4 Å². The normalized spacial score (nSPS) is 18.2. The Kier molecular flexibility index (Phi) is 7.05. The predicted octanol–water partition coefficient (Wildman–Crippen LogP) is 5.45. The van der Waals surface area contributed by atoms with Crippen LogP contribution in [0.5, 0.6) is 0 Å². The molecule has 2 aromatic carbocycles. The van der Waals surface area contributed by atoms with E-state index >= 15 is 0 Å². The van der Waals surface area contributed by atoms with Crippen molar-refractivity contribution in [2.24, 2.45) is 5.41 Å². The monoisotopic (exact) mass is 492 g/mol. The summed E-state index contributed by atoms with van der Waals surface area (Å²) < 4.78 is 42.5. The van der Waals surface area contributed by atoms with Gasteiger partial charge in [0.05, 0.1) is 0 Å². The number of carbonyl (C=O) groups excluding carboxylic acids is 1. The molecular weight excluding hydrogens is 469 g/mol. The highest BCUT2D eigenvalue weighted by Crippen LogP contribution is 2.46. The van der Waals surface area contributed by atoms with Crippen LogP contribution in [0.3, 0.4) is 0 Å². The average molecular weight is 492 g/mol. The van der Waals surface area contributed by atoms with Crippen molar-refractivity contribution in [2.45, 2.75) is 25.1 Å². The minimum atomic E-state index is -4.92. The predicted molar refractivity (Wildman–Crippen MR) is 130 cm³/mol. The average Bonchev–Trinajstić information content (AvgIpc) is 2.89. The Morgan fingerprint density at radius 3 is 2.14 bits per heavy atom. The van der Waals surface area contributed by atoms with Crippen LogP contribution < -0.4 is 5.32 Å². The summed E-state index contributed by atoms with van der Waals surface area (Å²) in [5.41, 5.74) is 0.785. The molecule has 3 aromatic rings. The molecule has 0 saturated heterocycles. The van der Waals surface area contributed by atoms with E-state index in [1.54, 1.807) is 67.0 Å². The maximum atomic E-state index is 14.2. The Morgan fingerprint density at radius 2 is 1.58 bits per heavy atom. The number of aromatic nitrogens is 1. The molecule has 0 bridgehead atoms. The number of nitrogens with one attached hydrogen (secondary N) is 1. The summed E-state index contributed by atoms with van der Waals surface area (Å²) in [5.74, 6) is -2.81. The van der Waals surface area contributed by atoms with E-state index in [2.05, 4.69) is 10.3 Å². The standard InChI is InChI=1S/C28H23F3N2O3/c29-28(30,31)27(14-10-22(11-15-27)20-4-2-1-3-5-20)26(36)33-24(25(34)35)18-19-6-8-21(9-7-19)23-12-16-32-17-13-23/h1-14,16-17,24H,15,18H2,(H,33,36)(H,34,35). The van der Waals surface area contributed by atoms with E-state index in [1.807, 2.05) is 12.1 Å². The lowest BCUT2D eigenvalue weighted by molar-refractivity contribution is -0.207. The van der Waals surface area contributed by atoms with E-state index in [4.69, 9.17) is 0 Å². The first-order valence-electron chi connectivity index (χ1n) is 11.2. The number of benzene rings is 2. The number of carboxylic acids is 1. The number of carbonyl (C=O) groups is 2. The van der Waals surface area contributed by atoms with Crippen LogP contribution in [-0.4, -0.2) is 34.2 Å². The Balaban J connectivity index is 1.52. The largest absolute Gasteiger partial charge is 0.480 e. The first kappa shape index (κ1) is 24.9. The number of pyridine rings is 1. The zero-order valence-corrected chi connectivity index (χ0v) is 19.1. The van der Waals surface area contributed by atoms with E-state index in [-0.39, 0.29) is 6.42 Å². The Hall–Kier alpha value is -4.20. The fourth-order valence-electron chi connectivity index (χ4n) is 4.09. The van der Waals surface area contributed by atoms with Crippen LogP contribution in [0, 0.1) is 5.41 Å². The van der Waals surface area contributed by atoms with Gasteiger partial charge in [-0.1, -0.05) is 72.8 Å². The minimum Gasteiger partial charge on any atom is -0.480 e. The molecule has 36 heavy (non-hydrogen) atoms. The number of nitrogens with zero attached hydrogens (tertiary/aromatic N) is 1. The highest BCUT2D eigenvalue weighted by atomic mass is 19.4. The van der Waals surface area contributed by atoms with Crippen LogP contribution in [0.1, 0.15) is 17.5 Å². The van der Waals surface area contributed by atoms with Gasteiger partial charge >= 0.3 is 12.1 Å². The van der Waals surface area contributed by atoms with Crippen molar-refractivity contribution in [3.8, 4) is 11.1 Å². The molecule has 1 aromatic heterocycles. The van der Waals surface area contributed by atoms with Gasteiger partial charge < -0.3 is 10.4 Å². The van der Waals surface area contributed by atoms with E-state index in [1.165, 1.54) is 12.2 Å². The second kappa shape index (κ2) is 10.2. The highest BCUT2D eigenvalue weighted by Gasteiger charge is 2.59. The first-order chi connectivity index (χ1) is 17.2. The zero-order chi connectivity index (χ0) is 25.8. The number of halogens is 3. The minimum absolute atomic E-state index is 0.166. The molecule has 5 nitrogen and oxygen atoms in total. The van der Waals surface area contributed by atoms with Crippen molar-refractivity contribution < 1.29 is 27.9 Å². The van der Waals surface area contributed by atoms with Gasteiger partial charge in [-0.25, -0.2) is 4.79 Å². The van der Waals surface area contributed by atoms with Crippen molar-refractivity contribution in [1.29, 1.82) is 0 Å². The second-order valence-electron chi connectivity index (χ2n) is 8.53. The van der Waals surface area contributed by atoms with Crippen LogP contribution in [0.15, 0.2) is 97.4 Å². The topological polar surface area (TPSA) is 79.3 Å². The van der Waals surface area contributed by atoms with Crippen LogP contribution in [0.25, 0.3) is 16.7 Å². The summed E-state index contributed by atoms with van der Waals surface area (Å²) in [6.45, 7) is 0. The van der Waals surface area contributed by atoms with Gasteiger partial charge in [-0.2, -0.15) is 13.2 Å². The molecule has 4 rings (SSSR count). The zero-order valence-electron chi connectivity index (χ0n) is 19.1. The van der Waals surface area contributed by atoms with Gasteiger partial charge in [0.2, 0.25) is 5.91 Å². The van der Waals surface area contributed by atoms with Gasteiger partial charge in [0.25, 0.3) is 0 Å². The van der Waals surface area contributed by atoms with Crippen molar-refractivity contribution in [3.63, 3.8) is 0 Å². The van der Waals surface area contributed by atoms with Crippen LogP contribution in [0.4, 0.5) is 13.2 Å². The summed E-state index contributed by atoms with van der Waals surface area (Å²) in [6.07, 6.45) is 1.03. The highest BCUT2D eigenvalue weighted by molar-refractivity contribution is 5.92. The number of hydrogen-bond donors (Lipinski definition) is 2. The van der Waals surface area contributed by atoms with Crippen molar-refractivity contribution in [3.05, 3.63) is 108 Å². The van der Waals surface area contributed by atoms with Gasteiger partial charge in [0, 0.05) is 18.8 Å². The summed E-state index contributed by atoms with van der Waals surface area (Å²) >= 11 is 0. The summed E-state index contributed by atoms with van der Waals surface area (Å²) in [5, 5.41) is 11.8. The van der Waals surface area contributed by atoms with E-state index in [0.29, 0.717) is 11.1 Å². The molecule has 2 unspecified atom stereocenters. The fraction of sp³-hybridized carbons (Fsp3) is 0.179. The number of aliphatic carboxylic acids is 1. The molecule has 0 saturated carbocycles. The number of allylic oxidation sites excluding steroid dienone is 3. The van der Waals surface area contributed by atoms with Gasteiger partial charge in [0.15, 0.2) is 5.41 Å². The lowest BCUT2D eigenvalue weighted by Gasteiger charge is -2.34. The van der Waals surface area contributed by atoms with Crippen LogP contribution in [0.2, 0.25) is 0 Å². The molecule has 1 aliphatic carbocycles. The third-order valence-electron chi connectivity index (χ3n) is 6.22. The SMILES string of the molecule is O=C(O)C(Cc1ccc(-c2ccncc2)cc1)NC(=O)C1(C(F)(F)F)C=CC(c2ccccc2)=CC1. The molecule has 0 fully saturated rings. The maximum Gasteiger partial charge on any atom is 0.406 e. The van der Waals surface area contributed by atoms with E-state index < -0.39 is 35.9 Å². The first-order valence-corrected chi connectivity index (χ1v) is 11.2. The summed E-state index contributed by atoms with van der Waals surface area (Å²) in [7, 11) is 0. The maximum absolute atomic E-state index is 14.2. The third kappa shape index (κ3) is 5.22. The molecule has 0 spiro atoms. The molecule has 1 amide bonds. The van der Waals surface area contributed by atoms with Gasteiger partial charge in [0.1, 0.15) is 6.04 Å². The molecule has 8 heteroatoms. The fourth-order valence-corrected chi connectivity index (χ4v) is 4.09. The molecular formula is C28H23F3N2O3. The second-order valence-corrected chi connectivity index (χ2v) is 8.53. The van der Waals surface area contributed by atoms with E-state index in [0.717, 1.165) is 22.8 Å². The van der Waals surface area contributed by atoms with Crippen molar-refractivity contribution in [1.82, 2.24) is 10.3 Å². The van der Waals surface area contributed by atoms with E-state index in [9.17, 15) is 27.9 Å². The molecule has 1 aliphatic rings. The van der Waals surface area contributed by atoms with Gasteiger partial charge in [-0.3, -0.25) is 9.78 Å². The molecule has 1 heterocycles. The summed E-state index contributed by atoms with van der Waals surface area (Å²) in [4.78, 5) is 28.8. The third-order valence-corrected chi connectivity index (χ3v) is 6.22. The molecule has 184 valence electrons. The Labute approximate surface area is 206 Å². The molecule has 2 atom stereocenters. The number of hydrogen-bond acceptors (Lipinski definition) is 3. The number of carboxylic acid groups (broad SMARTS) is 1. The van der Waals surface area contributed by atoms with Crippen molar-refractivity contribution in [2.75, 3.05) is 0 Å². The number of amides is 1. The quantitative estimate of drug-likeness (QED) is 0.460. The lowest BCUT2D eigenvalue weighted by Crippen LogP contribution is -2.54. The molecule has 0 aliphatic heterocycles. The van der Waals surface area contributed by atoms with Gasteiger partial charge in [-0.05, 0) is 46.4 Å². The smallest absolute Gasteiger partial charge is 0.406 e. The molecule has 0 radical (unpaired) electrons. The Morgan fingerprint density at radius 1 is 0.944 bits per heavy atom. The Bertz CT molecular complexity index is 1290. The lowest BCUT2D eigenvalue weighted by atomic mass is 9.77. The van der Waals surface area contributed by atoms with Crippen LogP contribution >= 0.6 is 0 Å².